The Morgan fingerprint density at radius 2 is 2.30 bits per heavy atom. The van der Waals surface area contributed by atoms with Crippen LogP contribution >= 0.6 is 15.9 Å². The van der Waals surface area contributed by atoms with Crippen molar-refractivity contribution in [2.45, 2.75) is 32.2 Å². The zero-order chi connectivity index (χ0) is 14.5. The lowest BCUT2D eigenvalue weighted by molar-refractivity contribution is 0.261. The molecule has 1 aliphatic rings. The van der Waals surface area contributed by atoms with Gasteiger partial charge in [-0.3, -0.25) is 4.79 Å². The molecule has 2 rings (SSSR count). The number of hydrogen-bond acceptors (Lipinski definition) is 4. The first-order valence-electron chi connectivity index (χ1n) is 7.25. The maximum atomic E-state index is 12.6. The Morgan fingerprint density at radius 1 is 1.55 bits per heavy atom. The summed E-state index contributed by atoms with van der Waals surface area (Å²) in [6.07, 6.45) is 6.47. The van der Waals surface area contributed by atoms with Crippen LogP contribution in [0.3, 0.4) is 0 Å². The maximum absolute atomic E-state index is 12.6. The van der Waals surface area contributed by atoms with Crippen LogP contribution in [-0.2, 0) is 6.54 Å². The van der Waals surface area contributed by atoms with Crippen molar-refractivity contribution in [3.8, 4) is 0 Å². The molecule has 20 heavy (non-hydrogen) atoms. The number of anilines is 1. The third-order valence-corrected chi connectivity index (χ3v) is 4.51. The normalized spacial score (nSPS) is 15.2. The molecule has 1 aromatic heterocycles. The number of halogens is 1. The van der Waals surface area contributed by atoms with E-state index in [1.165, 1.54) is 19.3 Å². The van der Waals surface area contributed by atoms with Crippen LogP contribution in [0, 0.1) is 5.92 Å². The van der Waals surface area contributed by atoms with Crippen LogP contribution in [0.5, 0.6) is 0 Å². The number of nitrogens with zero attached hydrogens (tertiary/aromatic N) is 3. The average Bonchev–Trinajstić information content (AvgIpc) is 2.36. The molecule has 1 saturated carbocycles. The van der Waals surface area contributed by atoms with Gasteiger partial charge in [0, 0.05) is 20.1 Å². The van der Waals surface area contributed by atoms with Gasteiger partial charge in [-0.25, -0.2) is 4.68 Å². The van der Waals surface area contributed by atoms with Crippen molar-refractivity contribution < 1.29 is 0 Å². The zero-order valence-electron chi connectivity index (χ0n) is 12.2. The van der Waals surface area contributed by atoms with Gasteiger partial charge in [-0.2, -0.15) is 5.10 Å². The fraction of sp³-hybridized carbons (Fsp3) is 0.714. The Balaban J connectivity index is 2.13. The van der Waals surface area contributed by atoms with Crippen molar-refractivity contribution >= 4 is 21.6 Å². The van der Waals surface area contributed by atoms with Crippen LogP contribution in [0.25, 0.3) is 0 Å². The molecule has 0 bridgehead atoms. The van der Waals surface area contributed by atoms with E-state index in [0.29, 0.717) is 5.92 Å². The Labute approximate surface area is 128 Å². The molecule has 1 heterocycles. The van der Waals surface area contributed by atoms with Crippen LogP contribution in [0.15, 0.2) is 15.5 Å². The molecule has 0 aliphatic heterocycles. The minimum atomic E-state index is 0.0123. The summed E-state index contributed by atoms with van der Waals surface area (Å²) in [5.41, 5.74) is 0.730. The van der Waals surface area contributed by atoms with Crippen molar-refractivity contribution in [3.05, 3.63) is 21.0 Å². The van der Waals surface area contributed by atoms with E-state index in [-0.39, 0.29) is 5.56 Å². The average molecular weight is 343 g/mol. The van der Waals surface area contributed by atoms with Crippen molar-refractivity contribution in [3.63, 3.8) is 0 Å². The van der Waals surface area contributed by atoms with Gasteiger partial charge in [-0.1, -0.05) is 6.42 Å². The van der Waals surface area contributed by atoms with E-state index in [0.717, 1.165) is 36.2 Å². The molecule has 0 radical (unpaired) electrons. The lowest BCUT2D eigenvalue weighted by Gasteiger charge is -2.26. The minimum absolute atomic E-state index is 0.0123. The third kappa shape index (κ3) is 3.61. The lowest BCUT2D eigenvalue weighted by Crippen LogP contribution is -2.35. The molecule has 6 heteroatoms. The van der Waals surface area contributed by atoms with E-state index in [4.69, 9.17) is 0 Å². The summed E-state index contributed by atoms with van der Waals surface area (Å²) in [5.74, 6) is 0.629. The van der Waals surface area contributed by atoms with Crippen LogP contribution in [-0.4, -0.2) is 37.0 Å². The highest BCUT2D eigenvalue weighted by Gasteiger charge is 2.21. The molecule has 0 unspecified atom stereocenters. The number of rotatable bonds is 7. The van der Waals surface area contributed by atoms with E-state index in [1.807, 2.05) is 19.0 Å². The minimum Gasteiger partial charge on any atom is -0.369 e. The van der Waals surface area contributed by atoms with Gasteiger partial charge >= 0.3 is 0 Å². The monoisotopic (exact) mass is 342 g/mol. The number of nitrogens with one attached hydrogen (secondary N) is 1. The van der Waals surface area contributed by atoms with Gasteiger partial charge in [0.15, 0.2) is 0 Å². The molecule has 0 saturated heterocycles. The Hall–Kier alpha value is -0.880. The summed E-state index contributed by atoms with van der Waals surface area (Å²) >= 11 is 3.46. The highest BCUT2D eigenvalue weighted by atomic mass is 79.9. The molecule has 1 aromatic rings. The van der Waals surface area contributed by atoms with Gasteiger partial charge in [0.2, 0.25) is 0 Å². The molecular weight excluding hydrogens is 320 g/mol. The molecule has 0 amide bonds. The van der Waals surface area contributed by atoms with E-state index in [1.54, 1.807) is 10.9 Å². The zero-order valence-corrected chi connectivity index (χ0v) is 13.8. The standard InChI is InChI=1S/C14H23BrN4O/c1-16-7-4-8-18(2)13-12(15)9-17-19(14(13)20)10-11-5-3-6-11/h9,11,16H,3-8,10H2,1-2H3. The molecule has 1 aliphatic carbocycles. The molecule has 112 valence electrons. The molecule has 0 aromatic carbocycles. The fourth-order valence-electron chi connectivity index (χ4n) is 2.46. The summed E-state index contributed by atoms with van der Waals surface area (Å²) in [6.45, 7) is 2.55. The van der Waals surface area contributed by atoms with E-state index < -0.39 is 0 Å². The predicted octanol–water partition coefficient (Wildman–Crippen LogP) is 1.85. The SMILES string of the molecule is CNCCCN(C)c1c(Br)cnn(CC2CCC2)c1=O. The van der Waals surface area contributed by atoms with Gasteiger partial charge in [0.25, 0.3) is 5.56 Å². The quantitative estimate of drug-likeness (QED) is 0.768. The van der Waals surface area contributed by atoms with Crippen LogP contribution in [0.1, 0.15) is 25.7 Å². The second-order valence-corrected chi connectivity index (χ2v) is 6.36. The summed E-state index contributed by atoms with van der Waals surface area (Å²) in [4.78, 5) is 14.6. The van der Waals surface area contributed by atoms with Crippen molar-refractivity contribution in [2.24, 2.45) is 5.92 Å². The van der Waals surface area contributed by atoms with Crippen LogP contribution in [0.2, 0.25) is 0 Å². The van der Waals surface area contributed by atoms with Gasteiger partial charge in [0.1, 0.15) is 5.69 Å². The van der Waals surface area contributed by atoms with Gasteiger partial charge in [0.05, 0.1) is 10.7 Å². The first-order valence-corrected chi connectivity index (χ1v) is 8.04. The summed E-state index contributed by atoms with van der Waals surface area (Å²) in [6, 6.07) is 0. The molecular formula is C14H23BrN4O. The highest BCUT2D eigenvalue weighted by molar-refractivity contribution is 9.10. The molecule has 1 fully saturated rings. The first-order chi connectivity index (χ1) is 9.63. The molecule has 0 spiro atoms. The first kappa shape index (κ1) is 15.5. The van der Waals surface area contributed by atoms with E-state index in [2.05, 4.69) is 26.3 Å². The predicted molar refractivity (Wildman–Crippen MR) is 85.4 cm³/mol. The molecule has 0 atom stereocenters. The Morgan fingerprint density at radius 3 is 2.90 bits per heavy atom. The lowest BCUT2D eigenvalue weighted by atomic mass is 9.85. The smallest absolute Gasteiger partial charge is 0.291 e. The van der Waals surface area contributed by atoms with E-state index >= 15 is 0 Å². The summed E-state index contributed by atoms with van der Waals surface area (Å²) in [7, 11) is 3.90. The third-order valence-electron chi connectivity index (χ3n) is 3.93. The van der Waals surface area contributed by atoms with Crippen LogP contribution < -0.4 is 15.8 Å². The number of hydrogen-bond donors (Lipinski definition) is 1. The van der Waals surface area contributed by atoms with Crippen LogP contribution in [0.4, 0.5) is 5.69 Å². The van der Waals surface area contributed by atoms with Gasteiger partial charge in [-0.15, -0.1) is 0 Å². The maximum Gasteiger partial charge on any atom is 0.291 e. The summed E-state index contributed by atoms with van der Waals surface area (Å²) in [5, 5.41) is 7.38. The van der Waals surface area contributed by atoms with E-state index in [9.17, 15) is 4.79 Å². The largest absolute Gasteiger partial charge is 0.369 e. The Kier molecular flexibility index (Phi) is 5.60. The summed E-state index contributed by atoms with van der Waals surface area (Å²) < 4.78 is 2.40. The highest BCUT2D eigenvalue weighted by Crippen LogP contribution is 2.27. The number of aromatic nitrogens is 2. The van der Waals surface area contributed by atoms with Crippen molar-refractivity contribution in [1.29, 1.82) is 0 Å². The topological polar surface area (TPSA) is 50.2 Å². The second-order valence-electron chi connectivity index (χ2n) is 5.50. The Bertz CT molecular complexity index is 498. The van der Waals surface area contributed by atoms with Gasteiger partial charge < -0.3 is 10.2 Å². The van der Waals surface area contributed by atoms with Gasteiger partial charge in [-0.05, 0) is 54.7 Å². The molecule has 5 nitrogen and oxygen atoms in total. The molecule has 1 N–H and O–H groups in total. The fourth-order valence-corrected chi connectivity index (χ4v) is 3.02. The second kappa shape index (κ2) is 7.22. The van der Waals surface area contributed by atoms with Crippen molar-refractivity contribution in [2.75, 3.05) is 32.1 Å². The van der Waals surface area contributed by atoms with Crippen molar-refractivity contribution in [1.82, 2.24) is 15.1 Å².